The zero-order valence-corrected chi connectivity index (χ0v) is 10.7. The fourth-order valence-electron chi connectivity index (χ4n) is 3.39. The maximum absolute atomic E-state index is 12.2. The van der Waals surface area contributed by atoms with Crippen LogP contribution < -0.4 is 0 Å². The number of amides is 1. The van der Waals surface area contributed by atoms with Gasteiger partial charge in [0, 0.05) is 19.5 Å². The lowest BCUT2D eigenvalue weighted by Crippen LogP contribution is -2.37. The van der Waals surface area contributed by atoms with E-state index in [0.717, 1.165) is 32.4 Å². The van der Waals surface area contributed by atoms with Crippen LogP contribution in [0.3, 0.4) is 0 Å². The van der Waals surface area contributed by atoms with Crippen molar-refractivity contribution < 1.29 is 4.79 Å². The molecule has 0 radical (unpaired) electrons. The van der Waals surface area contributed by atoms with Crippen molar-refractivity contribution in [3.8, 4) is 0 Å². The lowest BCUT2D eigenvalue weighted by Gasteiger charge is -2.29. The van der Waals surface area contributed by atoms with E-state index in [2.05, 4.69) is 4.90 Å². The van der Waals surface area contributed by atoms with Crippen molar-refractivity contribution in [1.29, 1.82) is 0 Å². The van der Waals surface area contributed by atoms with Crippen LogP contribution in [0.2, 0.25) is 0 Å². The average molecular weight is 233 g/mol. The van der Waals surface area contributed by atoms with Crippen LogP contribution in [-0.4, -0.2) is 23.9 Å². The first kappa shape index (κ1) is 11.3. The van der Waals surface area contributed by atoms with Gasteiger partial charge in [0.15, 0.2) is 0 Å². The highest BCUT2D eigenvalue weighted by Crippen LogP contribution is 2.36. The fourth-order valence-corrected chi connectivity index (χ4v) is 3.39. The van der Waals surface area contributed by atoms with Gasteiger partial charge < -0.3 is 4.90 Å². The molecule has 17 heavy (non-hydrogen) atoms. The van der Waals surface area contributed by atoms with Crippen molar-refractivity contribution in [1.82, 2.24) is 4.90 Å². The molecule has 3 aliphatic rings. The molecule has 2 nitrogen and oxygen atoms in total. The number of rotatable bonds is 2. The molecule has 2 aliphatic carbocycles. The highest BCUT2D eigenvalue weighted by Gasteiger charge is 2.26. The summed E-state index contributed by atoms with van der Waals surface area (Å²) < 4.78 is 0. The highest BCUT2D eigenvalue weighted by atomic mass is 16.2. The molecule has 1 saturated heterocycles. The van der Waals surface area contributed by atoms with E-state index in [1.807, 2.05) is 0 Å². The van der Waals surface area contributed by atoms with Gasteiger partial charge in [0.2, 0.25) is 5.91 Å². The first-order valence-corrected chi connectivity index (χ1v) is 7.30. The second-order valence-electron chi connectivity index (χ2n) is 5.94. The van der Waals surface area contributed by atoms with E-state index in [4.69, 9.17) is 0 Å². The summed E-state index contributed by atoms with van der Waals surface area (Å²) in [4.78, 5) is 14.3. The quantitative estimate of drug-likeness (QED) is 0.670. The molecular formula is C15H23NO. The summed E-state index contributed by atoms with van der Waals surface area (Å²) in [5, 5.41) is 0. The Morgan fingerprint density at radius 2 is 1.59 bits per heavy atom. The molecule has 0 atom stereocenters. The van der Waals surface area contributed by atoms with E-state index in [0.29, 0.717) is 11.8 Å². The van der Waals surface area contributed by atoms with E-state index in [1.54, 1.807) is 11.1 Å². The van der Waals surface area contributed by atoms with Crippen molar-refractivity contribution in [2.45, 2.75) is 57.8 Å². The number of piperidine rings is 1. The largest absolute Gasteiger partial charge is 0.342 e. The number of carbonyl (C=O) groups excluding carboxylic acids is 1. The standard InChI is InChI=1S/C15H23NO/c17-15(11-12-3-1-2-4-12)16-9-7-14(8-10-16)13-5-6-13/h12H,1-11H2. The van der Waals surface area contributed by atoms with E-state index >= 15 is 0 Å². The maximum atomic E-state index is 12.2. The molecule has 0 aromatic carbocycles. The molecule has 3 rings (SSSR count). The summed E-state index contributed by atoms with van der Waals surface area (Å²) in [7, 11) is 0. The number of allylic oxidation sites excluding steroid dienone is 1. The van der Waals surface area contributed by atoms with Crippen molar-refractivity contribution in [3.63, 3.8) is 0 Å². The molecule has 0 N–H and O–H groups in total. The zero-order chi connectivity index (χ0) is 11.7. The van der Waals surface area contributed by atoms with Crippen molar-refractivity contribution >= 4 is 5.91 Å². The highest BCUT2D eigenvalue weighted by molar-refractivity contribution is 5.76. The van der Waals surface area contributed by atoms with Crippen LogP contribution in [0, 0.1) is 5.92 Å². The summed E-state index contributed by atoms with van der Waals surface area (Å²) in [6.45, 7) is 1.98. The Morgan fingerprint density at radius 3 is 2.18 bits per heavy atom. The van der Waals surface area contributed by atoms with Crippen LogP contribution in [0.5, 0.6) is 0 Å². The number of likely N-dealkylation sites (tertiary alicyclic amines) is 1. The predicted molar refractivity (Wildman–Crippen MR) is 68.6 cm³/mol. The van der Waals surface area contributed by atoms with E-state index in [1.165, 1.54) is 38.5 Å². The third kappa shape index (κ3) is 2.72. The van der Waals surface area contributed by atoms with Gasteiger partial charge in [0.25, 0.3) is 0 Å². The van der Waals surface area contributed by atoms with Gasteiger partial charge in [-0.25, -0.2) is 0 Å². The molecule has 0 aromatic rings. The van der Waals surface area contributed by atoms with Gasteiger partial charge in [-0.15, -0.1) is 0 Å². The number of carbonyl (C=O) groups is 1. The smallest absolute Gasteiger partial charge is 0.222 e. The zero-order valence-electron chi connectivity index (χ0n) is 10.7. The summed E-state index contributed by atoms with van der Waals surface area (Å²) in [5.41, 5.74) is 3.38. The van der Waals surface area contributed by atoms with Crippen molar-refractivity contribution in [3.05, 3.63) is 11.1 Å². The van der Waals surface area contributed by atoms with Crippen molar-refractivity contribution in [2.24, 2.45) is 5.92 Å². The Labute approximate surface area is 104 Å². The lowest BCUT2D eigenvalue weighted by atomic mass is 10.00. The van der Waals surface area contributed by atoms with Crippen LogP contribution in [-0.2, 0) is 4.79 Å². The summed E-state index contributed by atoms with van der Waals surface area (Å²) in [5.74, 6) is 1.13. The summed E-state index contributed by atoms with van der Waals surface area (Å²) >= 11 is 0. The first-order chi connectivity index (χ1) is 8.33. The summed E-state index contributed by atoms with van der Waals surface area (Å²) in [6.07, 6.45) is 11.1. The van der Waals surface area contributed by atoms with Crippen LogP contribution in [0.1, 0.15) is 57.8 Å². The third-order valence-corrected chi connectivity index (χ3v) is 4.66. The SMILES string of the molecule is O=C(CC1CCCC1)N1CCC(=C2CC2)CC1. The molecule has 1 heterocycles. The summed E-state index contributed by atoms with van der Waals surface area (Å²) in [6, 6.07) is 0. The molecular weight excluding hydrogens is 210 g/mol. The van der Waals surface area contributed by atoms with Crippen LogP contribution in [0.4, 0.5) is 0 Å². The van der Waals surface area contributed by atoms with Crippen LogP contribution in [0.25, 0.3) is 0 Å². The predicted octanol–water partition coefficient (Wildman–Crippen LogP) is 3.28. The Kier molecular flexibility index (Phi) is 3.21. The van der Waals surface area contributed by atoms with E-state index in [-0.39, 0.29) is 0 Å². The Hall–Kier alpha value is -0.790. The average Bonchev–Trinajstić information content (AvgIpc) is 3.09. The monoisotopic (exact) mass is 233 g/mol. The van der Waals surface area contributed by atoms with Gasteiger partial charge in [-0.3, -0.25) is 4.79 Å². The Balaban J connectivity index is 1.48. The minimum Gasteiger partial charge on any atom is -0.342 e. The van der Waals surface area contributed by atoms with E-state index in [9.17, 15) is 4.79 Å². The van der Waals surface area contributed by atoms with Gasteiger partial charge in [-0.1, -0.05) is 24.0 Å². The van der Waals surface area contributed by atoms with Gasteiger partial charge >= 0.3 is 0 Å². The number of hydrogen-bond acceptors (Lipinski definition) is 1. The minimum atomic E-state index is 0.428. The topological polar surface area (TPSA) is 20.3 Å². The molecule has 1 amide bonds. The fraction of sp³-hybridized carbons (Fsp3) is 0.800. The third-order valence-electron chi connectivity index (χ3n) is 4.66. The maximum Gasteiger partial charge on any atom is 0.222 e. The second kappa shape index (κ2) is 4.83. The van der Waals surface area contributed by atoms with Crippen LogP contribution in [0.15, 0.2) is 11.1 Å². The van der Waals surface area contributed by atoms with E-state index < -0.39 is 0 Å². The van der Waals surface area contributed by atoms with Gasteiger partial charge in [0.1, 0.15) is 0 Å². The number of nitrogens with zero attached hydrogens (tertiary/aromatic N) is 1. The first-order valence-electron chi connectivity index (χ1n) is 7.30. The molecule has 2 heteroatoms. The minimum absolute atomic E-state index is 0.428. The lowest BCUT2D eigenvalue weighted by molar-refractivity contribution is -0.132. The Morgan fingerprint density at radius 1 is 1.00 bits per heavy atom. The molecule has 1 aliphatic heterocycles. The second-order valence-corrected chi connectivity index (χ2v) is 5.94. The molecule has 3 fully saturated rings. The Bertz CT molecular complexity index is 323. The molecule has 94 valence electrons. The van der Waals surface area contributed by atoms with Crippen molar-refractivity contribution in [2.75, 3.05) is 13.1 Å². The normalized spacial score (nSPS) is 25.5. The van der Waals surface area contributed by atoms with Gasteiger partial charge in [0.05, 0.1) is 0 Å². The molecule has 0 aromatic heterocycles. The van der Waals surface area contributed by atoms with Gasteiger partial charge in [-0.05, 0) is 44.4 Å². The van der Waals surface area contributed by atoms with Gasteiger partial charge in [-0.2, -0.15) is 0 Å². The molecule has 0 bridgehead atoms. The number of hydrogen-bond donors (Lipinski definition) is 0. The molecule has 2 saturated carbocycles. The molecule has 0 unspecified atom stereocenters. The molecule has 0 spiro atoms. The van der Waals surface area contributed by atoms with Crippen LogP contribution >= 0.6 is 0 Å².